The van der Waals surface area contributed by atoms with E-state index in [-0.39, 0.29) is 28.1 Å². The first kappa shape index (κ1) is 32.2. The van der Waals surface area contributed by atoms with Crippen molar-refractivity contribution in [2.24, 2.45) is 0 Å². The first-order valence-corrected chi connectivity index (χ1v) is 21.6. The van der Waals surface area contributed by atoms with E-state index in [1.54, 1.807) is 0 Å². The number of hydrogen-bond acceptors (Lipinski definition) is 5. The van der Waals surface area contributed by atoms with Crippen LogP contribution in [0.25, 0.3) is 0 Å². The molecule has 0 aliphatic heterocycles. The number of aliphatic hydroxyl groups excluding tert-OH is 2. The lowest BCUT2D eigenvalue weighted by molar-refractivity contribution is 0.0947. The van der Waals surface area contributed by atoms with Gasteiger partial charge in [0.1, 0.15) is 17.2 Å². The summed E-state index contributed by atoms with van der Waals surface area (Å²) in [5.74, 6) is 2.16. The van der Waals surface area contributed by atoms with Crippen LogP contribution in [0, 0.1) is 0 Å². The summed E-state index contributed by atoms with van der Waals surface area (Å²) >= 11 is 0. The number of hydrogen-bond donors (Lipinski definition) is 2. The second kappa shape index (κ2) is 10.5. The van der Waals surface area contributed by atoms with Crippen LogP contribution in [0.2, 0.25) is 54.4 Å². The molecule has 1 atom stereocenters. The molecular formula is C27H54O5Si3. The fraction of sp³-hybridized carbons (Fsp3) is 0.778. The standard InChI is InChI=1S/C27H54O5Si3/c1-25(2,3)33(10,11)30-21-17-23(31-34(12,13)26(4,5)6)22(16-20(29)19-28)24(18-21)32-35(14,15)27(7,8)9/h17-18,20,28-29H,16,19H2,1-15H3. The van der Waals surface area contributed by atoms with Crippen molar-refractivity contribution in [1.82, 2.24) is 0 Å². The fourth-order valence-electron chi connectivity index (χ4n) is 2.64. The first-order valence-electron chi connectivity index (χ1n) is 12.9. The molecule has 0 aromatic heterocycles. The molecule has 5 nitrogen and oxygen atoms in total. The average Bonchev–Trinajstić information content (AvgIpc) is 2.60. The Morgan fingerprint density at radius 3 is 1.26 bits per heavy atom. The molecular weight excluding hydrogens is 489 g/mol. The highest BCUT2D eigenvalue weighted by atomic mass is 28.4. The van der Waals surface area contributed by atoms with E-state index in [1.807, 2.05) is 12.1 Å². The van der Waals surface area contributed by atoms with Crippen molar-refractivity contribution in [1.29, 1.82) is 0 Å². The lowest BCUT2D eigenvalue weighted by atomic mass is 10.1. The van der Waals surface area contributed by atoms with Crippen LogP contribution in [0.15, 0.2) is 12.1 Å². The molecule has 0 saturated heterocycles. The summed E-state index contributed by atoms with van der Waals surface area (Å²) in [4.78, 5) is 0. The van der Waals surface area contributed by atoms with Gasteiger partial charge in [0, 0.05) is 24.1 Å². The van der Waals surface area contributed by atoms with Gasteiger partial charge in [0.15, 0.2) is 0 Å². The summed E-state index contributed by atoms with van der Waals surface area (Å²) < 4.78 is 20.4. The SMILES string of the molecule is CC(C)(C)[Si](C)(C)Oc1cc(O[Si](C)(C)C(C)(C)C)c(CC(O)CO)c(O[Si](C)(C)C(C)(C)C)c1. The Bertz CT molecular complexity index is 810. The van der Waals surface area contributed by atoms with Gasteiger partial charge in [-0.15, -0.1) is 0 Å². The van der Waals surface area contributed by atoms with Gasteiger partial charge < -0.3 is 23.5 Å². The molecule has 0 amide bonds. The minimum absolute atomic E-state index is 0.00337. The van der Waals surface area contributed by atoms with Crippen LogP contribution in [-0.2, 0) is 6.42 Å². The summed E-state index contributed by atoms with van der Waals surface area (Å²) in [6.07, 6.45) is -0.643. The van der Waals surface area contributed by atoms with Gasteiger partial charge in [0.2, 0.25) is 25.0 Å². The zero-order chi connectivity index (χ0) is 27.8. The van der Waals surface area contributed by atoms with Gasteiger partial charge in [-0.05, 0) is 54.4 Å². The maximum atomic E-state index is 10.5. The molecule has 0 aliphatic carbocycles. The average molecular weight is 543 g/mol. The highest BCUT2D eigenvalue weighted by Gasteiger charge is 2.43. The van der Waals surface area contributed by atoms with Crippen molar-refractivity contribution in [3.05, 3.63) is 17.7 Å². The second-order valence-corrected chi connectivity index (χ2v) is 28.7. The van der Waals surface area contributed by atoms with Crippen molar-refractivity contribution in [3.8, 4) is 17.2 Å². The molecule has 35 heavy (non-hydrogen) atoms. The van der Waals surface area contributed by atoms with Crippen molar-refractivity contribution in [2.75, 3.05) is 6.61 Å². The summed E-state index contributed by atoms with van der Waals surface area (Å²) in [6, 6.07) is 3.97. The van der Waals surface area contributed by atoms with Crippen molar-refractivity contribution in [3.63, 3.8) is 0 Å². The van der Waals surface area contributed by atoms with Gasteiger partial charge >= 0.3 is 0 Å². The number of rotatable bonds is 9. The zero-order valence-corrected chi connectivity index (χ0v) is 28.3. The first-order chi connectivity index (χ1) is 15.3. The molecule has 1 aromatic rings. The van der Waals surface area contributed by atoms with Crippen LogP contribution in [0.3, 0.4) is 0 Å². The molecule has 0 aliphatic rings. The topological polar surface area (TPSA) is 68.2 Å². The van der Waals surface area contributed by atoms with E-state index in [9.17, 15) is 10.2 Å². The predicted octanol–water partition coefficient (Wildman–Crippen LogP) is 7.73. The van der Waals surface area contributed by atoms with Crippen LogP contribution >= 0.6 is 0 Å². The van der Waals surface area contributed by atoms with Crippen LogP contribution in [0.4, 0.5) is 0 Å². The smallest absolute Gasteiger partial charge is 0.250 e. The molecule has 1 aromatic carbocycles. The molecule has 0 spiro atoms. The second-order valence-electron chi connectivity index (χ2n) is 14.5. The molecule has 0 fully saturated rings. The van der Waals surface area contributed by atoms with Crippen LogP contribution < -0.4 is 13.3 Å². The van der Waals surface area contributed by atoms with Crippen LogP contribution in [0.5, 0.6) is 17.2 Å². The van der Waals surface area contributed by atoms with Gasteiger partial charge in [-0.3, -0.25) is 0 Å². The molecule has 2 N–H and O–H groups in total. The molecule has 0 saturated carbocycles. The minimum Gasteiger partial charge on any atom is -0.543 e. The zero-order valence-electron chi connectivity index (χ0n) is 25.3. The maximum absolute atomic E-state index is 10.5. The third-order valence-corrected chi connectivity index (χ3v) is 21.4. The van der Waals surface area contributed by atoms with E-state index in [4.69, 9.17) is 13.3 Å². The van der Waals surface area contributed by atoms with Crippen molar-refractivity contribution in [2.45, 2.75) is 129 Å². The van der Waals surface area contributed by atoms with Gasteiger partial charge in [-0.25, -0.2) is 0 Å². The molecule has 204 valence electrons. The minimum atomic E-state index is -2.21. The molecule has 1 unspecified atom stereocenters. The number of benzene rings is 1. The lowest BCUT2D eigenvalue weighted by Crippen LogP contribution is -2.45. The molecule has 0 heterocycles. The van der Waals surface area contributed by atoms with Crippen molar-refractivity contribution >= 4 is 25.0 Å². The monoisotopic (exact) mass is 542 g/mol. The van der Waals surface area contributed by atoms with Gasteiger partial charge in [0.05, 0.1) is 12.7 Å². The van der Waals surface area contributed by atoms with Gasteiger partial charge in [0.25, 0.3) is 0 Å². The van der Waals surface area contributed by atoms with Gasteiger partial charge in [-0.2, -0.15) is 0 Å². The summed E-state index contributed by atoms with van der Waals surface area (Å²) in [5, 5.41) is 20.2. The Labute approximate surface area is 219 Å². The van der Waals surface area contributed by atoms with E-state index in [0.29, 0.717) is 11.5 Å². The van der Waals surface area contributed by atoms with Crippen LogP contribution in [0.1, 0.15) is 67.9 Å². The fourth-order valence-corrected chi connectivity index (χ4v) is 5.73. The Morgan fingerprint density at radius 2 is 0.971 bits per heavy atom. The van der Waals surface area contributed by atoms with Crippen LogP contribution in [-0.4, -0.2) is 47.9 Å². The highest BCUT2D eigenvalue weighted by Crippen LogP contribution is 2.46. The normalized spacial score (nSPS) is 15.1. The quantitative estimate of drug-likeness (QED) is 0.312. The van der Waals surface area contributed by atoms with E-state index in [1.165, 1.54) is 0 Å². The Kier molecular flexibility index (Phi) is 9.68. The number of aliphatic hydroxyl groups is 2. The maximum Gasteiger partial charge on any atom is 0.250 e. The summed E-state index contributed by atoms with van der Waals surface area (Å²) in [5.41, 5.74) is 0.809. The lowest BCUT2D eigenvalue weighted by Gasteiger charge is -2.40. The third kappa shape index (κ3) is 8.09. The van der Waals surface area contributed by atoms with E-state index >= 15 is 0 Å². The Morgan fingerprint density at radius 1 is 0.657 bits per heavy atom. The summed E-state index contributed by atoms with van der Waals surface area (Å²) in [7, 11) is -6.53. The molecule has 8 heteroatoms. The highest BCUT2D eigenvalue weighted by molar-refractivity contribution is 6.75. The largest absolute Gasteiger partial charge is 0.543 e. The Hall–Kier alpha value is -0.809. The molecule has 0 radical (unpaired) electrons. The van der Waals surface area contributed by atoms with E-state index in [0.717, 1.165) is 11.3 Å². The summed E-state index contributed by atoms with van der Waals surface area (Å²) in [6.45, 7) is 33.0. The van der Waals surface area contributed by atoms with Crippen molar-refractivity contribution < 1.29 is 23.5 Å². The molecule has 1 rings (SSSR count). The Balaban J connectivity index is 3.86. The van der Waals surface area contributed by atoms with E-state index in [2.05, 4.69) is 102 Å². The molecule has 0 bridgehead atoms. The third-order valence-electron chi connectivity index (χ3n) is 8.31. The van der Waals surface area contributed by atoms with E-state index < -0.39 is 31.1 Å². The predicted molar refractivity (Wildman–Crippen MR) is 157 cm³/mol. The van der Waals surface area contributed by atoms with Gasteiger partial charge in [-0.1, -0.05) is 62.3 Å².